The van der Waals surface area contributed by atoms with Crippen molar-refractivity contribution in [2.24, 2.45) is 5.73 Å². The predicted molar refractivity (Wildman–Crippen MR) is 113 cm³/mol. The molecular weight excluding hydrogens is 371 g/mol. The summed E-state index contributed by atoms with van der Waals surface area (Å²) < 4.78 is 0. The zero-order valence-electron chi connectivity index (χ0n) is 16.6. The van der Waals surface area contributed by atoms with Crippen molar-refractivity contribution in [2.75, 3.05) is 19.6 Å². The van der Waals surface area contributed by atoms with Crippen molar-refractivity contribution < 1.29 is 9.90 Å². The van der Waals surface area contributed by atoms with E-state index >= 15 is 0 Å². The van der Waals surface area contributed by atoms with Gasteiger partial charge in [-0.3, -0.25) is 4.79 Å². The topological polar surface area (TPSA) is 66.6 Å². The van der Waals surface area contributed by atoms with E-state index in [1.54, 1.807) is 4.90 Å². The van der Waals surface area contributed by atoms with Crippen LogP contribution in [0.2, 0.25) is 0 Å². The maximum Gasteiger partial charge on any atom is 0.255 e. The Morgan fingerprint density at radius 3 is 2.04 bits per heavy atom. The fourth-order valence-electron chi connectivity index (χ4n) is 3.09. The fourth-order valence-corrected chi connectivity index (χ4v) is 3.37. The number of unbranched alkanes of at least 4 members (excludes halogenated alkanes) is 10. The lowest BCUT2D eigenvalue weighted by atomic mass is 10.1. The van der Waals surface area contributed by atoms with Gasteiger partial charge in [0.15, 0.2) is 4.84 Å². The van der Waals surface area contributed by atoms with Gasteiger partial charge in [-0.1, -0.05) is 94.3 Å². The highest BCUT2D eigenvalue weighted by Crippen LogP contribution is 2.14. The smallest absolute Gasteiger partial charge is 0.255 e. The van der Waals surface area contributed by atoms with E-state index in [9.17, 15) is 9.90 Å². The van der Waals surface area contributed by atoms with Crippen LogP contribution in [0.4, 0.5) is 0 Å². The van der Waals surface area contributed by atoms with Crippen molar-refractivity contribution in [1.82, 2.24) is 4.90 Å². The van der Waals surface area contributed by atoms with E-state index in [-0.39, 0.29) is 5.91 Å². The number of rotatable bonds is 18. The molecule has 0 radical (unpaired) electrons. The summed E-state index contributed by atoms with van der Waals surface area (Å²) in [5, 5.41) is 10.3. The molecule has 1 unspecified atom stereocenters. The van der Waals surface area contributed by atoms with Gasteiger partial charge in [-0.05, 0) is 25.8 Å². The van der Waals surface area contributed by atoms with Gasteiger partial charge in [0.25, 0.3) is 5.91 Å². The van der Waals surface area contributed by atoms with E-state index in [1.165, 1.54) is 38.5 Å². The Hall–Kier alpha value is -0.0300. The predicted octanol–water partition coefficient (Wildman–Crippen LogP) is 5.03. The molecule has 26 heavy (non-hydrogen) atoms. The first-order chi connectivity index (χ1) is 12.5. The average molecular weight is 411 g/mol. The number of aliphatic hydroxyl groups is 1. The third-order valence-electron chi connectivity index (χ3n) is 4.70. The largest absolute Gasteiger partial charge is 0.391 e. The van der Waals surface area contributed by atoms with Gasteiger partial charge in [0.1, 0.15) is 0 Å². The van der Waals surface area contributed by atoms with E-state index < -0.39 is 10.9 Å². The number of alkyl halides is 2. The third kappa shape index (κ3) is 15.1. The molecule has 6 heteroatoms. The minimum atomic E-state index is -1.06. The van der Waals surface area contributed by atoms with E-state index in [0.29, 0.717) is 19.6 Å². The van der Waals surface area contributed by atoms with Crippen molar-refractivity contribution in [1.29, 1.82) is 0 Å². The number of amides is 1. The number of halogens is 2. The van der Waals surface area contributed by atoms with Crippen LogP contribution in [0.1, 0.15) is 90.4 Å². The Bertz CT molecular complexity index is 331. The quantitative estimate of drug-likeness (QED) is 0.246. The van der Waals surface area contributed by atoms with Gasteiger partial charge in [-0.25, -0.2) is 0 Å². The van der Waals surface area contributed by atoms with E-state index in [1.807, 2.05) is 0 Å². The van der Waals surface area contributed by atoms with Crippen LogP contribution in [0, 0.1) is 0 Å². The second kappa shape index (κ2) is 18.3. The molecule has 0 saturated carbocycles. The highest BCUT2D eigenvalue weighted by molar-refractivity contribution is 6.53. The second-order valence-corrected chi connectivity index (χ2v) is 8.30. The molecule has 0 aromatic rings. The zero-order valence-corrected chi connectivity index (χ0v) is 18.1. The Morgan fingerprint density at radius 2 is 1.46 bits per heavy atom. The normalized spacial score (nSPS) is 12.5. The van der Waals surface area contributed by atoms with Gasteiger partial charge in [-0.15, -0.1) is 0 Å². The molecule has 0 rings (SSSR count). The zero-order chi connectivity index (χ0) is 19.6. The van der Waals surface area contributed by atoms with Crippen molar-refractivity contribution in [3.05, 3.63) is 0 Å². The van der Waals surface area contributed by atoms with E-state index in [4.69, 9.17) is 28.9 Å². The first-order valence-electron chi connectivity index (χ1n) is 10.5. The van der Waals surface area contributed by atoms with Gasteiger partial charge in [0.2, 0.25) is 0 Å². The molecule has 0 fully saturated rings. The van der Waals surface area contributed by atoms with Gasteiger partial charge < -0.3 is 15.7 Å². The van der Waals surface area contributed by atoms with Crippen molar-refractivity contribution in [3.63, 3.8) is 0 Å². The molecule has 3 N–H and O–H groups in total. The van der Waals surface area contributed by atoms with Crippen LogP contribution in [-0.4, -0.2) is 46.5 Å². The summed E-state index contributed by atoms with van der Waals surface area (Å²) in [6.45, 7) is 3.84. The highest BCUT2D eigenvalue weighted by Gasteiger charge is 2.22. The van der Waals surface area contributed by atoms with Gasteiger partial charge >= 0.3 is 0 Å². The average Bonchev–Trinajstić information content (AvgIpc) is 2.62. The Morgan fingerprint density at radius 1 is 0.923 bits per heavy atom. The minimum absolute atomic E-state index is 0.304. The van der Waals surface area contributed by atoms with Crippen LogP contribution in [-0.2, 0) is 4.79 Å². The van der Waals surface area contributed by atoms with Crippen LogP contribution in [0.5, 0.6) is 0 Å². The van der Waals surface area contributed by atoms with Crippen molar-refractivity contribution in [3.8, 4) is 0 Å². The van der Waals surface area contributed by atoms with Crippen molar-refractivity contribution in [2.45, 2.75) is 101 Å². The van der Waals surface area contributed by atoms with Gasteiger partial charge in [0.05, 0.1) is 6.10 Å². The van der Waals surface area contributed by atoms with Gasteiger partial charge in [-0.2, -0.15) is 0 Å². The number of aliphatic hydroxyl groups excluding tert-OH is 1. The number of nitrogens with zero attached hydrogens (tertiary/aromatic N) is 1. The molecule has 1 atom stereocenters. The Kier molecular flexibility index (Phi) is 18.3. The third-order valence-corrected chi connectivity index (χ3v) is 5.08. The molecule has 0 aromatic heterocycles. The lowest BCUT2D eigenvalue weighted by Gasteiger charge is -2.26. The molecular formula is C20H40Cl2N2O2. The van der Waals surface area contributed by atoms with E-state index in [2.05, 4.69) is 6.92 Å². The molecule has 0 spiro atoms. The van der Waals surface area contributed by atoms with Crippen LogP contribution < -0.4 is 5.73 Å². The first-order valence-corrected chi connectivity index (χ1v) is 11.3. The highest BCUT2D eigenvalue weighted by atomic mass is 35.5. The maximum absolute atomic E-state index is 12.1. The second-order valence-electron chi connectivity index (χ2n) is 7.21. The van der Waals surface area contributed by atoms with Crippen LogP contribution in [0.15, 0.2) is 0 Å². The summed E-state index contributed by atoms with van der Waals surface area (Å²) in [5.74, 6) is -0.304. The number of hydrogen-bond acceptors (Lipinski definition) is 3. The summed E-state index contributed by atoms with van der Waals surface area (Å²) in [6, 6.07) is 0. The summed E-state index contributed by atoms with van der Waals surface area (Å²) in [4.78, 5) is 12.7. The lowest BCUT2D eigenvalue weighted by Crippen LogP contribution is -2.41. The molecule has 0 aliphatic heterocycles. The monoisotopic (exact) mass is 410 g/mol. The number of carbonyl (C=O) groups is 1. The van der Waals surface area contributed by atoms with Crippen LogP contribution in [0.3, 0.4) is 0 Å². The van der Waals surface area contributed by atoms with Crippen molar-refractivity contribution >= 4 is 29.1 Å². The number of carbonyl (C=O) groups excluding carboxylic acids is 1. The fraction of sp³-hybridized carbons (Fsp3) is 0.950. The first kappa shape index (κ1) is 26.0. The van der Waals surface area contributed by atoms with Crippen LogP contribution in [0.25, 0.3) is 0 Å². The molecule has 0 bridgehead atoms. The Labute approximate surface area is 170 Å². The summed E-state index contributed by atoms with van der Waals surface area (Å²) in [5.41, 5.74) is 5.49. The standard InChI is InChI=1S/C20H40Cl2N2O2/c1-2-3-4-5-6-7-8-11-14-18(25)17-24(20(26)19(21)22)16-13-10-9-12-15-23/h18-19,25H,2-17,23H2,1H3. The molecule has 0 aliphatic carbocycles. The molecule has 0 saturated heterocycles. The molecule has 1 amide bonds. The summed E-state index contributed by atoms with van der Waals surface area (Å²) >= 11 is 11.5. The molecule has 156 valence electrons. The maximum atomic E-state index is 12.1. The van der Waals surface area contributed by atoms with Crippen LogP contribution >= 0.6 is 23.2 Å². The SMILES string of the molecule is CCCCCCCCCCC(O)CN(CCCCCCN)C(=O)C(Cl)Cl. The summed E-state index contributed by atoms with van der Waals surface area (Å²) in [7, 11) is 0. The summed E-state index contributed by atoms with van der Waals surface area (Å²) in [6.07, 6.45) is 14.1. The number of hydrogen-bond donors (Lipinski definition) is 2. The molecule has 0 aromatic carbocycles. The molecule has 0 aliphatic rings. The molecule has 4 nitrogen and oxygen atoms in total. The lowest BCUT2D eigenvalue weighted by molar-refractivity contribution is -0.130. The van der Waals surface area contributed by atoms with Gasteiger partial charge in [0, 0.05) is 13.1 Å². The molecule has 0 heterocycles. The van der Waals surface area contributed by atoms with E-state index in [0.717, 1.165) is 44.9 Å². The Balaban J connectivity index is 3.97. The number of nitrogens with two attached hydrogens (primary N) is 1. The minimum Gasteiger partial charge on any atom is -0.391 e.